The van der Waals surface area contributed by atoms with E-state index >= 15 is 0 Å². The highest BCUT2D eigenvalue weighted by atomic mass is 79.9. The van der Waals surface area contributed by atoms with Gasteiger partial charge in [-0.05, 0) is 70.5 Å². The largest absolute Gasteiger partial charge is 0.383 e. The molecule has 0 bridgehead atoms. The van der Waals surface area contributed by atoms with Gasteiger partial charge in [0.05, 0.1) is 5.56 Å². The number of aromatic nitrogens is 4. The summed E-state index contributed by atoms with van der Waals surface area (Å²) in [6.07, 6.45) is 3.37. The van der Waals surface area contributed by atoms with Gasteiger partial charge in [0.2, 0.25) is 0 Å². The number of amides is 1. The van der Waals surface area contributed by atoms with Crippen LogP contribution in [0.3, 0.4) is 0 Å². The second-order valence-corrected chi connectivity index (χ2v) is 7.99. The van der Waals surface area contributed by atoms with Crippen molar-refractivity contribution in [3.63, 3.8) is 0 Å². The second-order valence-electron chi connectivity index (χ2n) is 7.07. The van der Waals surface area contributed by atoms with Crippen LogP contribution in [-0.4, -0.2) is 25.4 Å². The first-order valence-corrected chi connectivity index (χ1v) is 10.6. The topological polar surface area (TPSA) is 98.7 Å². The number of rotatable bonds is 4. The number of benzene rings is 2. The van der Waals surface area contributed by atoms with Crippen LogP contribution in [0.1, 0.15) is 10.4 Å². The molecule has 3 N–H and O–H groups in total. The first-order chi connectivity index (χ1) is 15.6. The molecule has 0 aliphatic heterocycles. The Bertz CT molecular complexity index is 1430. The van der Waals surface area contributed by atoms with Gasteiger partial charge in [0, 0.05) is 33.8 Å². The summed E-state index contributed by atoms with van der Waals surface area (Å²) in [5.74, 6) is 0.855. The molecule has 0 unspecified atom stereocenters. The van der Waals surface area contributed by atoms with Crippen LogP contribution in [0.25, 0.3) is 28.2 Å². The van der Waals surface area contributed by atoms with E-state index in [1.807, 2.05) is 65.2 Å². The quantitative estimate of drug-likeness (QED) is 0.370. The molecule has 0 radical (unpaired) electrons. The lowest BCUT2D eigenvalue weighted by Crippen LogP contribution is -2.11. The van der Waals surface area contributed by atoms with E-state index in [1.165, 1.54) is 0 Å². The molecule has 3 heterocycles. The Balaban J connectivity index is 1.56. The summed E-state index contributed by atoms with van der Waals surface area (Å²) in [7, 11) is 0. The zero-order chi connectivity index (χ0) is 22.1. The molecule has 5 aromatic rings. The third kappa shape index (κ3) is 3.72. The van der Waals surface area contributed by atoms with E-state index in [1.54, 1.807) is 24.5 Å². The second kappa shape index (κ2) is 8.24. The van der Waals surface area contributed by atoms with Crippen LogP contribution >= 0.6 is 15.9 Å². The van der Waals surface area contributed by atoms with Crippen LogP contribution in [0.15, 0.2) is 89.7 Å². The van der Waals surface area contributed by atoms with Crippen molar-refractivity contribution in [2.24, 2.45) is 0 Å². The molecular formula is C24H17BrN6O. The first-order valence-electron chi connectivity index (χ1n) is 9.82. The van der Waals surface area contributed by atoms with Crippen LogP contribution in [0, 0.1) is 0 Å². The van der Waals surface area contributed by atoms with Gasteiger partial charge in [-0.1, -0.05) is 18.2 Å². The third-order valence-electron chi connectivity index (χ3n) is 4.96. The number of nitrogen functional groups attached to an aromatic ring is 1. The molecule has 5 rings (SSSR count). The maximum Gasteiger partial charge on any atom is 0.255 e. The van der Waals surface area contributed by atoms with E-state index < -0.39 is 0 Å². The number of carbonyl (C=O) groups is 1. The molecule has 0 aliphatic rings. The van der Waals surface area contributed by atoms with Crippen LogP contribution in [0.2, 0.25) is 0 Å². The van der Waals surface area contributed by atoms with E-state index in [9.17, 15) is 4.79 Å². The molecular weight excluding hydrogens is 468 g/mol. The fourth-order valence-electron chi connectivity index (χ4n) is 3.46. The number of halogens is 1. The zero-order valence-corrected chi connectivity index (χ0v) is 18.3. The highest BCUT2D eigenvalue weighted by molar-refractivity contribution is 9.10. The lowest BCUT2D eigenvalue weighted by atomic mass is 10.2. The Morgan fingerprint density at radius 1 is 0.969 bits per heavy atom. The summed E-state index contributed by atoms with van der Waals surface area (Å²) >= 11 is 3.46. The van der Waals surface area contributed by atoms with Crippen LogP contribution in [-0.2, 0) is 0 Å². The number of nitrogens with zero attached hydrogens (tertiary/aromatic N) is 4. The van der Waals surface area contributed by atoms with Gasteiger partial charge in [-0.25, -0.2) is 15.0 Å². The summed E-state index contributed by atoms with van der Waals surface area (Å²) < 4.78 is 2.76. The summed E-state index contributed by atoms with van der Waals surface area (Å²) in [5, 5.41) is 2.92. The van der Waals surface area contributed by atoms with E-state index in [0.29, 0.717) is 34.1 Å². The fourth-order valence-corrected chi connectivity index (χ4v) is 3.78. The van der Waals surface area contributed by atoms with Gasteiger partial charge in [-0.3, -0.25) is 9.36 Å². The lowest BCUT2D eigenvalue weighted by Gasteiger charge is -2.11. The molecule has 1 amide bonds. The average molecular weight is 485 g/mol. The Morgan fingerprint density at radius 2 is 1.75 bits per heavy atom. The molecule has 0 saturated carbocycles. The average Bonchev–Trinajstić information content (AvgIpc) is 3.18. The van der Waals surface area contributed by atoms with Crippen LogP contribution < -0.4 is 11.1 Å². The molecule has 156 valence electrons. The maximum absolute atomic E-state index is 12.4. The lowest BCUT2D eigenvalue weighted by molar-refractivity contribution is 0.102. The smallest absolute Gasteiger partial charge is 0.255 e. The first kappa shape index (κ1) is 19.9. The van der Waals surface area contributed by atoms with Gasteiger partial charge >= 0.3 is 0 Å². The number of fused-ring (bicyclic) bond motifs is 1. The van der Waals surface area contributed by atoms with Gasteiger partial charge in [0.25, 0.3) is 5.91 Å². The normalized spacial score (nSPS) is 10.9. The molecule has 8 heteroatoms. The standard InChI is InChI=1S/C24H17BrN6O/c25-16-13-20-23(28-14-16)31(22(30-20)19-7-4-12-27-21(19)26)18-10-8-17(9-11-18)29-24(32)15-5-2-1-3-6-15/h1-14H,(H2,26,27)(H,29,32). The SMILES string of the molecule is Nc1ncccc1-c1nc2cc(Br)cnc2n1-c1ccc(NC(=O)c2ccccc2)cc1. The number of hydrogen-bond acceptors (Lipinski definition) is 5. The number of imidazole rings is 1. The molecule has 0 saturated heterocycles. The zero-order valence-electron chi connectivity index (χ0n) is 16.7. The minimum Gasteiger partial charge on any atom is -0.383 e. The minimum absolute atomic E-state index is 0.165. The maximum atomic E-state index is 12.4. The van der Waals surface area contributed by atoms with Crippen molar-refractivity contribution in [1.29, 1.82) is 0 Å². The molecule has 0 fully saturated rings. The highest BCUT2D eigenvalue weighted by Crippen LogP contribution is 2.31. The van der Waals surface area contributed by atoms with Gasteiger partial charge in [0.15, 0.2) is 11.5 Å². The number of anilines is 2. The van der Waals surface area contributed by atoms with Gasteiger partial charge in [0.1, 0.15) is 11.3 Å². The summed E-state index contributed by atoms with van der Waals surface area (Å²) in [6, 6.07) is 22.2. The monoisotopic (exact) mass is 484 g/mol. The van der Waals surface area contributed by atoms with E-state index in [0.717, 1.165) is 15.7 Å². The Hall–Kier alpha value is -4.04. The number of pyridine rings is 2. The Labute approximate surface area is 192 Å². The van der Waals surface area contributed by atoms with Crippen molar-refractivity contribution in [3.8, 4) is 17.1 Å². The molecule has 2 aromatic carbocycles. The molecule has 7 nitrogen and oxygen atoms in total. The molecule has 32 heavy (non-hydrogen) atoms. The van der Waals surface area contributed by atoms with Crippen molar-refractivity contribution in [3.05, 3.63) is 95.2 Å². The summed E-state index contributed by atoms with van der Waals surface area (Å²) in [5.41, 5.74) is 10.4. The van der Waals surface area contributed by atoms with E-state index in [4.69, 9.17) is 10.7 Å². The number of hydrogen-bond donors (Lipinski definition) is 2. The van der Waals surface area contributed by atoms with Crippen LogP contribution in [0.5, 0.6) is 0 Å². The predicted molar refractivity (Wildman–Crippen MR) is 129 cm³/mol. The summed E-state index contributed by atoms with van der Waals surface area (Å²) in [4.78, 5) is 26.0. The number of nitrogens with one attached hydrogen (secondary N) is 1. The molecule has 0 aliphatic carbocycles. The van der Waals surface area contributed by atoms with Gasteiger partial charge in [-0.15, -0.1) is 0 Å². The third-order valence-corrected chi connectivity index (χ3v) is 5.40. The Morgan fingerprint density at radius 3 is 2.50 bits per heavy atom. The van der Waals surface area contributed by atoms with Crippen LogP contribution in [0.4, 0.5) is 11.5 Å². The molecule has 0 atom stereocenters. The van der Waals surface area contributed by atoms with Crippen molar-refractivity contribution >= 4 is 44.5 Å². The van der Waals surface area contributed by atoms with Gasteiger partial charge < -0.3 is 11.1 Å². The molecule has 0 spiro atoms. The summed E-state index contributed by atoms with van der Waals surface area (Å²) in [6.45, 7) is 0. The Kier molecular flexibility index (Phi) is 5.12. The fraction of sp³-hybridized carbons (Fsp3) is 0. The number of nitrogens with two attached hydrogens (primary N) is 1. The number of carbonyl (C=O) groups excluding carboxylic acids is 1. The van der Waals surface area contributed by atoms with E-state index in [-0.39, 0.29) is 5.91 Å². The van der Waals surface area contributed by atoms with Crippen molar-refractivity contribution in [2.75, 3.05) is 11.1 Å². The van der Waals surface area contributed by atoms with Crippen molar-refractivity contribution in [2.45, 2.75) is 0 Å². The van der Waals surface area contributed by atoms with Crippen molar-refractivity contribution in [1.82, 2.24) is 19.5 Å². The molecule has 3 aromatic heterocycles. The highest BCUT2D eigenvalue weighted by Gasteiger charge is 2.18. The van der Waals surface area contributed by atoms with Gasteiger partial charge in [-0.2, -0.15) is 0 Å². The minimum atomic E-state index is -0.165. The van der Waals surface area contributed by atoms with Crippen molar-refractivity contribution < 1.29 is 4.79 Å². The van der Waals surface area contributed by atoms with E-state index in [2.05, 4.69) is 31.2 Å². The predicted octanol–water partition coefficient (Wildman–Crippen LogP) is 5.08.